The highest BCUT2D eigenvalue weighted by molar-refractivity contribution is 6.03. The van der Waals surface area contributed by atoms with Crippen molar-refractivity contribution < 1.29 is 18.4 Å². The second kappa shape index (κ2) is 7.31. The van der Waals surface area contributed by atoms with Gasteiger partial charge in [0.05, 0.1) is 14.2 Å². The number of aromatic nitrogens is 2. The van der Waals surface area contributed by atoms with E-state index in [1.165, 1.54) is 24.9 Å². The first-order chi connectivity index (χ1) is 13.7. The van der Waals surface area contributed by atoms with Gasteiger partial charge in [-0.15, -0.1) is 0 Å². The number of hydrogen-bond donors (Lipinski definition) is 1. The van der Waals surface area contributed by atoms with E-state index >= 15 is 0 Å². The predicted molar refractivity (Wildman–Crippen MR) is 103 cm³/mol. The lowest BCUT2D eigenvalue weighted by Crippen LogP contribution is -2.08. The number of methoxy groups -OCH3 is 2. The van der Waals surface area contributed by atoms with Gasteiger partial charge in [-0.3, -0.25) is 4.79 Å². The van der Waals surface area contributed by atoms with Gasteiger partial charge >= 0.3 is 0 Å². The smallest absolute Gasteiger partial charge is 0.248 e. The zero-order valence-corrected chi connectivity index (χ0v) is 14.7. The van der Waals surface area contributed by atoms with Crippen LogP contribution < -0.4 is 14.8 Å². The highest BCUT2D eigenvalue weighted by atomic mass is 16.5. The van der Waals surface area contributed by atoms with E-state index in [-0.39, 0.29) is 5.91 Å². The van der Waals surface area contributed by atoms with Crippen LogP contribution in [-0.2, 0) is 11.8 Å². The number of carbonyl (C=O) groups is 1. The van der Waals surface area contributed by atoms with E-state index in [0.29, 0.717) is 39.5 Å². The van der Waals surface area contributed by atoms with Crippen LogP contribution in [0.15, 0.2) is 42.6 Å². The molecule has 6 heteroatoms. The average Bonchev–Trinajstić information content (AvgIpc) is 2.97. The first-order valence-corrected chi connectivity index (χ1v) is 7.93. The molecule has 0 spiro atoms. The lowest BCUT2D eigenvalue weighted by molar-refractivity contribution is -0.111. The van der Waals surface area contributed by atoms with Gasteiger partial charge in [0, 0.05) is 63.9 Å². The molecule has 6 nitrogen and oxygen atoms in total. The van der Waals surface area contributed by atoms with Crippen molar-refractivity contribution in [1.82, 2.24) is 9.55 Å². The molecule has 0 aliphatic rings. The third-order valence-electron chi connectivity index (χ3n) is 4.03. The van der Waals surface area contributed by atoms with Crippen LogP contribution in [0.25, 0.3) is 17.1 Å². The van der Waals surface area contributed by atoms with Crippen LogP contribution >= 0.6 is 0 Å². The summed E-state index contributed by atoms with van der Waals surface area (Å²) in [5.74, 6) is 0.718. The van der Waals surface area contributed by atoms with Crippen molar-refractivity contribution in [2.45, 2.75) is 6.92 Å². The van der Waals surface area contributed by atoms with E-state index in [0.717, 1.165) is 0 Å². The zero-order valence-electron chi connectivity index (χ0n) is 17.7. The molecule has 0 aliphatic heterocycles. The summed E-state index contributed by atoms with van der Waals surface area (Å²) < 4.78 is 34.9. The van der Waals surface area contributed by atoms with Crippen LogP contribution in [0.1, 0.15) is 15.4 Å². The Labute approximate surface area is 156 Å². The molecule has 3 aromatic rings. The Morgan fingerprint density at radius 1 is 1.27 bits per heavy atom. The number of rotatable bonds is 5. The van der Waals surface area contributed by atoms with E-state index in [1.54, 1.807) is 49.5 Å². The van der Waals surface area contributed by atoms with E-state index in [4.69, 9.17) is 13.6 Å². The van der Waals surface area contributed by atoms with Gasteiger partial charge in [0.1, 0.15) is 17.1 Å². The maximum Gasteiger partial charge on any atom is 0.248 e. The Kier molecular flexibility index (Phi) is 3.92. The SMILES string of the molecule is [2H]C([2H])([2H])n1c(C)c(/C=C/C(=O)Nc2cc(OC)cc(OC)c2)c2cccnc21. The monoisotopic (exact) mass is 354 g/mol. The first kappa shape index (κ1) is 13.9. The molecule has 1 N–H and O–H groups in total. The van der Waals surface area contributed by atoms with E-state index in [9.17, 15) is 4.79 Å². The van der Waals surface area contributed by atoms with Crippen LogP contribution in [0.4, 0.5) is 5.69 Å². The molecule has 0 aliphatic carbocycles. The third-order valence-corrected chi connectivity index (χ3v) is 4.03. The molecule has 0 fully saturated rings. The van der Waals surface area contributed by atoms with Crippen molar-refractivity contribution in [3.63, 3.8) is 0 Å². The zero-order chi connectivity index (χ0) is 21.2. The number of pyridine rings is 1. The molecule has 2 aromatic heterocycles. The molecule has 0 unspecified atom stereocenters. The van der Waals surface area contributed by atoms with Gasteiger partial charge in [-0.2, -0.15) is 0 Å². The summed E-state index contributed by atoms with van der Waals surface area (Å²) in [6, 6.07) is 8.55. The highest BCUT2D eigenvalue weighted by Crippen LogP contribution is 2.26. The van der Waals surface area contributed by atoms with Gasteiger partial charge in [0.25, 0.3) is 0 Å². The maximum absolute atomic E-state index is 12.4. The highest BCUT2D eigenvalue weighted by Gasteiger charge is 2.10. The summed E-state index contributed by atoms with van der Waals surface area (Å²) >= 11 is 0. The minimum absolute atomic E-state index is 0.350. The topological polar surface area (TPSA) is 65.4 Å². The second-order valence-corrected chi connectivity index (χ2v) is 5.63. The summed E-state index contributed by atoms with van der Waals surface area (Å²) in [5.41, 5.74) is 2.00. The lowest BCUT2D eigenvalue weighted by atomic mass is 10.1. The van der Waals surface area contributed by atoms with Gasteiger partial charge in [-0.1, -0.05) is 0 Å². The summed E-state index contributed by atoms with van der Waals surface area (Å²) in [5, 5.41) is 3.41. The molecule has 134 valence electrons. The summed E-state index contributed by atoms with van der Waals surface area (Å²) in [6.45, 7) is -0.680. The Morgan fingerprint density at radius 3 is 2.65 bits per heavy atom. The van der Waals surface area contributed by atoms with E-state index in [2.05, 4.69) is 10.3 Å². The second-order valence-electron chi connectivity index (χ2n) is 5.63. The fourth-order valence-electron chi connectivity index (χ4n) is 2.69. The van der Waals surface area contributed by atoms with Gasteiger partial charge in [0.2, 0.25) is 5.91 Å². The van der Waals surface area contributed by atoms with Gasteiger partial charge < -0.3 is 19.4 Å². The fraction of sp³-hybridized carbons (Fsp3) is 0.200. The minimum Gasteiger partial charge on any atom is -0.497 e. The third kappa shape index (κ3) is 3.39. The number of fused-ring (bicyclic) bond motifs is 1. The largest absolute Gasteiger partial charge is 0.497 e. The van der Waals surface area contributed by atoms with Crippen LogP contribution in [0.3, 0.4) is 0 Å². The van der Waals surface area contributed by atoms with Crippen LogP contribution in [-0.4, -0.2) is 29.7 Å². The van der Waals surface area contributed by atoms with E-state index in [1.807, 2.05) is 0 Å². The molecule has 26 heavy (non-hydrogen) atoms. The molecule has 0 radical (unpaired) electrons. The number of nitrogens with zero attached hydrogens (tertiary/aromatic N) is 2. The Hall–Kier alpha value is -3.28. The van der Waals surface area contributed by atoms with Gasteiger partial charge in [0.15, 0.2) is 0 Å². The number of amides is 1. The minimum atomic E-state index is -2.37. The molecule has 1 amide bonds. The molecule has 0 bridgehead atoms. The van der Waals surface area contributed by atoms with Gasteiger partial charge in [-0.25, -0.2) is 4.98 Å². The van der Waals surface area contributed by atoms with Gasteiger partial charge in [-0.05, 0) is 25.1 Å². The molecule has 0 saturated heterocycles. The van der Waals surface area contributed by atoms with Crippen molar-refractivity contribution in [2.75, 3.05) is 19.5 Å². The van der Waals surface area contributed by atoms with Crippen LogP contribution in [0.2, 0.25) is 0 Å². The number of carbonyl (C=O) groups excluding carboxylic acids is 1. The normalized spacial score (nSPS) is 13.3. The number of aryl methyl sites for hydroxylation is 1. The molecule has 3 rings (SSSR count). The molecule has 0 saturated carbocycles. The van der Waals surface area contributed by atoms with Crippen molar-refractivity contribution in [3.8, 4) is 11.5 Å². The number of hydrogen-bond acceptors (Lipinski definition) is 4. The van der Waals surface area contributed by atoms with Crippen molar-refractivity contribution in [3.05, 3.63) is 53.9 Å². The average molecular weight is 354 g/mol. The van der Waals surface area contributed by atoms with Crippen molar-refractivity contribution in [2.24, 2.45) is 6.98 Å². The quantitative estimate of drug-likeness (QED) is 0.712. The van der Waals surface area contributed by atoms with Crippen LogP contribution in [0, 0.1) is 6.92 Å². The Morgan fingerprint density at radius 2 is 2.00 bits per heavy atom. The number of ether oxygens (including phenoxy) is 2. The number of nitrogens with one attached hydrogen (secondary N) is 1. The Bertz CT molecular complexity index is 1070. The maximum atomic E-state index is 12.4. The lowest BCUT2D eigenvalue weighted by Gasteiger charge is -2.08. The molecule has 0 atom stereocenters. The van der Waals surface area contributed by atoms with Crippen LogP contribution in [0.5, 0.6) is 11.5 Å². The number of benzene rings is 1. The first-order valence-electron chi connectivity index (χ1n) is 9.43. The fourth-order valence-corrected chi connectivity index (χ4v) is 2.69. The Balaban J connectivity index is 1.92. The standard InChI is InChI=1S/C20H21N3O3/c1-13-17(18-6-5-9-21-20(18)23(13)2)7-8-19(24)22-14-10-15(25-3)12-16(11-14)26-4/h5-12H,1-4H3,(H,22,24)/b8-7+/i2D3. The number of anilines is 1. The summed E-state index contributed by atoms with van der Waals surface area (Å²) in [7, 11) is 3.05. The molecule has 1 aromatic carbocycles. The predicted octanol–water partition coefficient (Wildman–Crippen LogP) is 3.55. The van der Waals surface area contributed by atoms with Crippen molar-refractivity contribution >= 4 is 28.7 Å². The molecule has 2 heterocycles. The molecular formula is C20H21N3O3. The molecular weight excluding hydrogens is 330 g/mol. The van der Waals surface area contributed by atoms with Crippen molar-refractivity contribution in [1.29, 1.82) is 0 Å². The summed E-state index contributed by atoms with van der Waals surface area (Å²) in [6.07, 6.45) is 4.49. The summed E-state index contributed by atoms with van der Waals surface area (Å²) in [4.78, 5) is 16.6. The van der Waals surface area contributed by atoms with E-state index < -0.39 is 6.98 Å².